The highest BCUT2D eigenvalue weighted by molar-refractivity contribution is 8.03. The lowest BCUT2D eigenvalue weighted by Crippen LogP contribution is -2.38. The molecule has 0 saturated carbocycles. The smallest absolute Gasteiger partial charge is 0.324 e. The van der Waals surface area contributed by atoms with Gasteiger partial charge in [-0.25, -0.2) is 4.79 Å². The quantitative estimate of drug-likeness (QED) is 0.797. The van der Waals surface area contributed by atoms with Gasteiger partial charge in [-0.1, -0.05) is 48.7 Å². The van der Waals surface area contributed by atoms with Crippen molar-refractivity contribution in [2.75, 3.05) is 18.8 Å². The molecule has 0 spiro atoms. The van der Waals surface area contributed by atoms with Gasteiger partial charge in [-0.05, 0) is 12.8 Å². The van der Waals surface area contributed by atoms with Gasteiger partial charge in [0.25, 0.3) is 0 Å². The van der Waals surface area contributed by atoms with Gasteiger partial charge >= 0.3 is 6.03 Å². The van der Waals surface area contributed by atoms with Crippen LogP contribution in [0.5, 0.6) is 0 Å². The maximum absolute atomic E-state index is 12.2. The Hall–Kier alpha value is -0.800. The molecule has 1 aliphatic heterocycles. The van der Waals surface area contributed by atoms with E-state index in [1.807, 2.05) is 0 Å². The highest BCUT2D eigenvalue weighted by Gasteiger charge is 2.30. The monoisotopic (exact) mass is 346 g/mol. The zero-order valence-corrected chi connectivity index (χ0v) is 14.6. The summed E-state index contributed by atoms with van der Waals surface area (Å²) in [5.41, 5.74) is 0. The van der Waals surface area contributed by atoms with Crippen LogP contribution in [0.4, 0.5) is 4.79 Å². The lowest BCUT2D eigenvalue weighted by Gasteiger charge is -2.16. The third-order valence-electron chi connectivity index (χ3n) is 2.68. The predicted molar refractivity (Wildman–Crippen MR) is 85.9 cm³/mol. The first-order valence-electron chi connectivity index (χ1n) is 6.69. The fraction of sp³-hybridized carbons (Fsp3) is 0.667. The summed E-state index contributed by atoms with van der Waals surface area (Å²) in [6.07, 6.45) is 0. The van der Waals surface area contributed by atoms with Gasteiger partial charge in [-0.15, -0.1) is 10.2 Å². The normalized spacial score (nSPS) is 16.4. The molecule has 1 saturated heterocycles. The molecular formula is C12H18N4O2S3. The van der Waals surface area contributed by atoms with E-state index in [4.69, 9.17) is 0 Å². The van der Waals surface area contributed by atoms with E-state index in [-0.39, 0.29) is 17.2 Å². The third kappa shape index (κ3) is 4.58. The molecule has 0 radical (unpaired) electrons. The predicted octanol–water partition coefficient (Wildman–Crippen LogP) is 2.32. The number of imide groups is 1. The number of hydrogen-bond acceptors (Lipinski definition) is 7. The number of carbonyl (C=O) groups excluding carboxylic acids is 2. The van der Waals surface area contributed by atoms with Crippen molar-refractivity contribution in [3.05, 3.63) is 0 Å². The van der Waals surface area contributed by atoms with Crippen molar-refractivity contribution in [2.45, 2.75) is 34.7 Å². The van der Waals surface area contributed by atoms with Crippen molar-refractivity contribution in [1.29, 1.82) is 0 Å². The van der Waals surface area contributed by atoms with E-state index < -0.39 is 0 Å². The minimum Gasteiger partial charge on any atom is -0.336 e. The minimum absolute atomic E-state index is 0.179. The summed E-state index contributed by atoms with van der Waals surface area (Å²) in [7, 11) is 0. The lowest BCUT2D eigenvalue weighted by molar-refractivity contribution is -0.126. The Morgan fingerprint density at radius 3 is 2.71 bits per heavy atom. The molecule has 0 aromatic carbocycles. The molecular weight excluding hydrogens is 328 g/mol. The van der Waals surface area contributed by atoms with Crippen molar-refractivity contribution < 1.29 is 9.59 Å². The number of amides is 3. The van der Waals surface area contributed by atoms with Crippen LogP contribution in [0, 0.1) is 5.92 Å². The van der Waals surface area contributed by atoms with E-state index >= 15 is 0 Å². The van der Waals surface area contributed by atoms with Gasteiger partial charge in [0.1, 0.15) is 0 Å². The molecule has 21 heavy (non-hydrogen) atoms. The van der Waals surface area contributed by atoms with Crippen molar-refractivity contribution in [3.8, 4) is 0 Å². The van der Waals surface area contributed by atoms with E-state index in [0.717, 1.165) is 14.4 Å². The SMILES string of the molecule is CC(C)CSc1nnc(S[C@H](C)C(=O)N2CCNC2=O)s1. The summed E-state index contributed by atoms with van der Waals surface area (Å²) in [6, 6.07) is -0.308. The fourth-order valence-corrected chi connectivity index (χ4v) is 4.85. The second-order valence-corrected chi connectivity index (χ2v) is 8.85. The Kier molecular flexibility index (Phi) is 5.88. The van der Waals surface area contributed by atoms with Gasteiger partial charge in [-0.2, -0.15) is 0 Å². The van der Waals surface area contributed by atoms with Gasteiger partial charge in [0.15, 0.2) is 8.68 Å². The molecule has 1 aromatic heterocycles. The maximum atomic E-state index is 12.2. The Labute approximate surface area is 136 Å². The van der Waals surface area contributed by atoms with E-state index in [1.165, 1.54) is 28.0 Å². The van der Waals surface area contributed by atoms with Crippen LogP contribution >= 0.6 is 34.9 Å². The summed E-state index contributed by atoms with van der Waals surface area (Å²) in [5.74, 6) is 1.42. The number of rotatable bonds is 6. The zero-order valence-electron chi connectivity index (χ0n) is 12.2. The van der Waals surface area contributed by atoms with Crippen LogP contribution in [0.3, 0.4) is 0 Å². The molecule has 116 valence electrons. The van der Waals surface area contributed by atoms with E-state index in [2.05, 4.69) is 29.4 Å². The van der Waals surface area contributed by atoms with Gasteiger partial charge in [0.05, 0.1) is 5.25 Å². The van der Waals surface area contributed by atoms with Gasteiger partial charge in [0.2, 0.25) is 5.91 Å². The standard InChI is InChI=1S/C12H18N4O2S3/c1-7(2)6-19-11-14-15-12(21-11)20-8(3)9(17)16-5-4-13-10(16)18/h7-8H,4-6H2,1-3H3,(H,13,18)/t8-/m1/s1. The van der Waals surface area contributed by atoms with Gasteiger partial charge < -0.3 is 5.32 Å². The minimum atomic E-state index is -0.343. The van der Waals surface area contributed by atoms with E-state index in [1.54, 1.807) is 18.7 Å². The van der Waals surface area contributed by atoms with Crippen molar-refractivity contribution in [2.24, 2.45) is 5.92 Å². The summed E-state index contributed by atoms with van der Waals surface area (Å²) in [6.45, 7) is 7.07. The first kappa shape index (κ1) is 16.6. The zero-order chi connectivity index (χ0) is 15.4. The van der Waals surface area contributed by atoms with Crippen LogP contribution in [0.25, 0.3) is 0 Å². The molecule has 9 heteroatoms. The summed E-state index contributed by atoms with van der Waals surface area (Å²) < 4.78 is 1.69. The van der Waals surface area contributed by atoms with Crippen molar-refractivity contribution in [3.63, 3.8) is 0 Å². The molecule has 1 aliphatic rings. The topological polar surface area (TPSA) is 75.2 Å². The first-order valence-corrected chi connectivity index (χ1v) is 9.37. The van der Waals surface area contributed by atoms with Crippen molar-refractivity contribution >= 4 is 46.8 Å². The number of hydrogen-bond donors (Lipinski definition) is 1. The third-order valence-corrected chi connectivity index (χ3v) is 6.33. The molecule has 1 atom stereocenters. The van der Waals surface area contributed by atoms with Crippen LogP contribution in [0.15, 0.2) is 8.68 Å². The van der Waals surface area contributed by atoms with Crippen LogP contribution < -0.4 is 5.32 Å². The molecule has 2 rings (SSSR count). The highest BCUT2D eigenvalue weighted by atomic mass is 32.2. The van der Waals surface area contributed by atoms with Crippen LogP contribution in [0.1, 0.15) is 20.8 Å². The average Bonchev–Trinajstić information content (AvgIpc) is 3.04. The molecule has 1 N–H and O–H groups in total. The van der Waals surface area contributed by atoms with E-state index in [9.17, 15) is 9.59 Å². The summed E-state index contributed by atoms with van der Waals surface area (Å²) >= 11 is 4.54. The maximum Gasteiger partial charge on any atom is 0.324 e. The molecule has 1 aromatic rings. The Morgan fingerprint density at radius 1 is 1.38 bits per heavy atom. The van der Waals surface area contributed by atoms with E-state index in [0.29, 0.717) is 19.0 Å². The highest BCUT2D eigenvalue weighted by Crippen LogP contribution is 2.32. The first-order chi connectivity index (χ1) is 9.97. The Bertz CT molecular complexity index is 520. The summed E-state index contributed by atoms with van der Waals surface area (Å²) in [4.78, 5) is 24.9. The van der Waals surface area contributed by atoms with Gasteiger partial charge in [-0.3, -0.25) is 9.69 Å². The number of nitrogens with one attached hydrogen (secondary N) is 1. The molecule has 3 amide bonds. The lowest BCUT2D eigenvalue weighted by atomic mass is 10.3. The largest absolute Gasteiger partial charge is 0.336 e. The number of urea groups is 1. The van der Waals surface area contributed by atoms with Gasteiger partial charge in [0, 0.05) is 18.8 Å². The molecule has 0 aliphatic carbocycles. The van der Waals surface area contributed by atoms with Crippen molar-refractivity contribution in [1.82, 2.24) is 20.4 Å². The molecule has 2 heterocycles. The molecule has 1 fully saturated rings. The number of aromatic nitrogens is 2. The summed E-state index contributed by atoms with van der Waals surface area (Å²) in [5, 5.41) is 10.5. The van der Waals surface area contributed by atoms with Crippen LogP contribution in [-0.2, 0) is 4.79 Å². The molecule has 6 nitrogen and oxygen atoms in total. The number of nitrogens with zero attached hydrogens (tertiary/aromatic N) is 3. The second-order valence-electron chi connectivity index (χ2n) is 5.02. The van der Waals surface area contributed by atoms with Crippen LogP contribution in [-0.4, -0.2) is 51.1 Å². The average molecular weight is 347 g/mol. The number of thioether (sulfide) groups is 2. The Balaban J connectivity index is 1.88. The Morgan fingerprint density at radius 2 is 2.10 bits per heavy atom. The fourth-order valence-electron chi connectivity index (χ4n) is 1.64. The van der Waals surface area contributed by atoms with Crippen LogP contribution in [0.2, 0.25) is 0 Å². The molecule has 0 bridgehead atoms. The number of carbonyl (C=O) groups is 2. The molecule has 0 unspecified atom stereocenters. The second kappa shape index (κ2) is 7.46.